The first-order chi connectivity index (χ1) is 12.4. The lowest BCUT2D eigenvalue weighted by Crippen LogP contribution is -2.56. The normalized spacial score (nSPS) is 17.0. The number of nitrogens with one attached hydrogen (secondary N) is 1. The zero-order valence-electron chi connectivity index (χ0n) is 16.1. The Kier molecular flexibility index (Phi) is 5.47. The number of piperidine rings is 1. The van der Waals surface area contributed by atoms with Gasteiger partial charge < -0.3 is 10.2 Å². The number of aromatic nitrogens is 2. The summed E-state index contributed by atoms with van der Waals surface area (Å²) in [5.74, 6) is 0.182. The first-order valence-electron chi connectivity index (χ1n) is 9.45. The van der Waals surface area contributed by atoms with E-state index in [0.717, 1.165) is 38.0 Å². The Balaban J connectivity index is 1.93. The van der Waals surface area contributed by atoms with Gasteiger partial charge in [0.05, 0.1) is 0 Å². The molecule has 1 aliphatic heterocycles. The summed E-state index contributed by atoms with van der Waals surface area (Å²) in [4.78, 5) is 15.9. The molecular weight excluding hydrogens is 324 g/mol. The monoisotopic (exact) mass is 354 g/mol. The van der Waals surface area contributed by atoms with Crippen LogP contribution in [0.25, 0.3) is 0 Å². The number of nitrogens with zero attached hydrogens (tertiary/aromatic N) is 3. The van der Waals surface area contributed by atoms with Crippen LogP contribution in [0.15, 0.2) is 48.8 Å². The molecule has 1 aromatic heterocycles. The number of rotatable bonds is 5. The Bertz CT molecular complexity index is 697. The van der Waals surface area contributed by atoms with Crippen LogP contribution >= 0.6 is 0 Å². The van der Waals surface area contributed by atoms with E-state index in [1.165, 1.54) is 0 Å². The van der Waals surface area contributed by atoms with Gasteiger partial charge in [-0.05, 0) is 43.0 Å². The van der Waals surface area contributed by atoms with Crippen LogP contribution in [0.3, 0.4) is 0 Å². The second-order valence-electron chi connectivity index (χ2n) is 8.44. The maximum atomic E-state index is 13.8. The molecule has 26 heavy (non-hydrogen) atoms. The number of carbonyl (C=O) groups excluding carboxylic acids is 1. The summed E-state index contributed by atoms with van der Waals surface area (Å²) in [6.07, 6.45) is 5.23. The number of carbonyl (C=O) groups is 1. The fourth-order valence-corrected chi connectivity index (χ4v) is 3.77. The first-order valence-corrected chi connectivity index (χ1v) is 9.45. The van der Waals surface area contributed by atoms with Crippen molar-refractivity contribution < 1.29 is 4.79 Å². The quantitative estimate of drug-likeness (QED) is 0.898. The minimum Gasteiger partial charge on any atom is -0.336 e. The molecule has 1 aromatic carbocycles. The van der Waals surface area contributed by atoms with E-state index >= 15 is 0 Å². The second-order valence-corrected chi connectivity index (χ2v) is 8.44. The number of hydrogen-bond acceptors (Lipinski definition) is 3. The van der Waals surface area contributed by atoms with Crippen LogP contribution in [0.1, 0.15) is 39.2 Å². The lowest BCUT2D eigenvalue weighted by atomic mass is 9.85. The molecule has 1 aliphatic rings. The van der Waals surface area contributed by atoms with Crippen molar-refractivity contribution >= 4 is 5.91 Å². The minimum atomic E-state index is -0.589. The third-order valence-electron chi connectivity index (χ3n) is 4.94. The van der Waals surface area contributed by atoms with Gasteiger partial charge in [0, 0.05) is 25.5 Å². The summed E-state index contributed by atoms with van der Waals surface area (Å²) in [5.41, 5.74) is 0.604. The number of benzene rings is 1. The van der Waals surface area contributed by atoms with Crippen molar-refractivity contribution in [2.45, 2.75) is 45.7 Å². The van der Waals surface area contributed by atoms with Crippen LogP contribution in [0.4, 0.5) is 0 Å². The van der Waals surface area contributed by atoms with E-state index in [2.05, 4.69) is 43.3 Å². The summed E-state index contributed by atoms with van der Waals surface area (Å²) in [6.45, 7) is 9.56. The van der Waals surface area contributed by atoms with Gasteiger partial charge in [0.15, 0.2) is 0 Å². The molecular formula is C21H30N4O. The van der Waals surface area contributed by atoms with Gasteiger partial charge in [0.2, 0.25) is 0 Å². The molecule has 1 amide bonds. The minimum absolute atomic E-state index is 0.0304. The molecule has 0 radical (unpaired) electrons. The maximum absolute atomic E-state index is 13.8. The van der Waals surface area contributed by atoms with Crippen LogP contribution in [-0.2, 0) is 16.9 Å². The third kappa shape index (κ3) is 4.15. The molecule has 5 nitrogen and oxygen atoms in total. The number of amides is 1. The Morgan fingerprint density at radius 3 is 2.46 bits per heavy atom. The molecule has 1 fully saturated rings. The second kappa shape index (κ2) is 7.62. The fourth-order valence-electron chi connectivity index (χ4n) is 3.77. The van der Waals surface area contributed by atoms with E-state index in [9.17, 15) is 4.79 Å². The van der Waals surface area contributed by atoms with Crippen molar-refractivity contribution in [3.63, 3.8) is 0 Å². The van der Waals surface area contributed by atoms with E-state index in [1.807, 2.05) is 40.0 Å². The number of hydrogen-bond donors (Lipinski definition) is 1. The van der Waals surface area contributed by atoms with Crippen LogP contribution in [0, 0.1) is 5.41 Å². The summed E-state index contributed by atoms with van der Waals surface area (Å²) in [5, 5.41) is 7.84. The molecule has 1 N–H and O–H groups in total. The van der Waals surface area contributed by atoms with Crippen molar-refractivity contribution in [2.75, 3.05) is 19.6 Å². The largest absolute Gasteiger partial charge is 0.336 e. The summed E-state index contributed by atoms with van der Waals surface area (Å²) < 4.78 is 1.89. The van der Waals surface area contributed by atoms with Crippen LogP contribution in [0.2, 0.25) is 0 Å². The lowest BCUT2D eigenvalue weighted by molar-refractivity contribution is -0.145. The molecule has 0 saturated carbocycles. The molecule has 0 atom stereocenters. The molecule has 1 saturated heterocycles. The van der Waals surface area contributed by atoms with Crippen molar-refractivity contribution in [3.8, 4) is 0 Å². The Morgan fingerprint density at radius 1 is 1.19 bits per heavy atom. The highest BCUT2D eigenvalue weighted by atomic mass is 16.2. The van der Waals surface area contributed by atoms with Crippen LogP contribution < -0.4 is 5.32 Å². The molecule has 2 heterocycles. The molecule has 5 heteroatoms. The van der Waals surface area contributed by atoms with Crippen LogP contribution in [-0.4, -0.2) is 40.2 Å². The molecule has 0 bridgehead atoms. The van der Waals surface area contributed by atoms with Gasteiger partial charge in [-0.25, -0.2) is 0 Å². The van der Waals surface area contributed by atoms with Gasteiger partial charge in [-0.1, -0.05) is 51.1 Å². The van der Waals surface area contributed by atoms with Crippen molar-refractivity contribution in [1.29, 1.82) is 0 Å². The zero-order chi connectivity index (χ0) is 18.6. The van der Waals surface area contributed by atoms with E-state index < -0.39 is 5.54 Å². The molecule has 2 aromatic rings. The Hall–Kier alpha value is -2.14. The Morgan fingerprint density at radius 2 is 1.88 bits per heavy atom. The first kappa shape index (κ1) is 18.6. The average molecular weight is 354 g/mol. The molecule has 0 spiro atoms. The zero-order valence-corrected chi connectivity index (χ0v) is 16.1. The van der Waals surface area contributed by atoms with Gasteiger partial charge in [0.1, 0.15) is 5.54 Å². The fraction of sp³-hybridized carbons (Fsp3) is 0.524. The van der Waals surface area contributed by atoms with E-state index in [1.54, 1.807) is 6.20 Å². The standard InChI is InChI=1S/C21H30N4O/c1-20(2,3)17-24(16-18-8-5-4-6-9-18)19(26)21(10-13-22-14-11-21)25-15-7-12-23-25/h4-9,12,15,22H,10-11,13-14,16-17H2,1-3H3. The Labute approximate surface area is 156 Å². The predicted molar refractivity (Wildman–Crippen MR) is 104 cm³/mol. The topological polar surface area (TPSA) is 50.2 Å². The highest BCUT2D eigenvalue weighted by molar-refractivity contribution is 5.84. The van der Waals surface area contributed by atoms with Crippen molar-refractivity contribution in [3.05, 3.63) is 54.4 Å². The van der Waals surface area contributed by atoms with Crippen molar-refractivity contribution in [2.24, 2.45) is 5.41 Å². The molecule has 140 valence electrons. The maximum Gasteiger partial charge on any atom is 0.250 e. The summed E-state index contributed by atoms with van der Waals surface area (Å²) >= 11 is 0. The van der Waals surface area contributed by atoms with Crippen LogP contribution in [0.5, 0.6) is 0 Å². The smallest absolute Gasteiger partial charge is 0.250 e. The summed E-state index contributed by atoms with van der Waals surface area (Å²) in [6, 6.07) is 12.2. The van der Waals surface area contributed by atoms with Gasteiger partial charge >= 0.3 is 0 Å². The van der Waals surface area contributed by atoms with Gasteiger partial charge in [-0.15, -0.1) is 0 Å². The van der Waals surface area contributed by atoms with E-state index in [4.69, 9.17) is 0 Å². The highest BCUT2D eigenvalue weighted by Gasteiger charge is 2.45. The molecule has 3 rings (SSSR count). The molecule has 0 aliphatic carbocycles. The highest BCUT2D eigenvalue weighted by Crippen LogP contribution is 2.31. The van der Waals surface area contributed by atoms with Crippen molar-refractivity contribution in [1.82, 2.24) is 20.0 Å². The van der Waals surface area contributed by atoms with E-state index in [-0.39, 0.29) is 11.3 Å². The van der Waals surface area contributed by atoms with E-state index in [0.29, 0.717) is 6.54 Å². The summed E-state index contributed by atoms with van der Waals surface area (Å²) in [7, 11) is 0. The average Bonchev–Trinajstić information content (AvgIpc) is 3.16. The lowest BCUT2D eigenvalue weighted by Gasteiger charge is -2.42. The third-order valence-corrected chi connectivity index (χ3v) is 4.94. The SMILES string of the molecule is CC(C)(C)CN(Cc1ccccc1)C(=O)C1(n2cccn2)CCNCC1. The van der Waals surface area contributed by atoms with Gasteiger partial charge in [-0.2, -0.15) is 5.10 Å². The molecule has 0 unspecified atom stereocenters. The predicted octanol–water partition coefficient (Wildman–Crippen LogP) is 3.04. The van der Waals surface area contributed by atoms with Gasteiger partial charge in [0.25, 0.3) is 5.91 Å². The van der Waals surface area contributed by atoms with Gasteiger partial charge in [-0.3, -0.25) is 9.48 Å².